The minimum atomic E-state index is -1.13. The van der Waals surface area contributed by atoms with E-state index in [0.717, 1.165) is 12.1 Å². The second kappa shape index (κ2) is 6.76. The topological polar surface area (TPSA) is 75.6 Å². The number of carbonyl (C=O) groups excluding carboxylic acids is 1. The molecule has 1 aromatic rings. The molecule has 1 rings (SSSR count). The molecule has 7 heteroatoms. The fraction of sp³-hybridized carbons (Fsp3) is 0.429. The van der Waals surface area contributed by atoms with Crippen LogP contribution in [0.3, 0.4) is 0 Å². The van der Waals surface area contributed by atoms with Crippen molar-refractivity contribution in [2.45, 2.75) is 26.8 Å². The molecule has 0 aliphatic rings. The van der Waals surface area contributed by atoms with Crippen LogP contribution in [0.25, 0.3) is 0 Å². The number of benzene rings is 1. The van der Waals surface area contributed by atoms with Crippen LogP contribution in [0.5, 0.6) is 5.75 Å². The van der Waals surface area contributed by atoms with Gasteiger partial charge in [0.25, 0.3) is 5.91 Å². The summed E-state index contributed by atoms with van der Waals surface area (Å²) < 4.78 is 18.0. The van der Waals surface area contributed by atoms with Crippen molar-refractivity contribution in [3.8, 4) is 5.75 Å². The van der Waals surface area contributed by atoms with Crippen molar-refractivity contribution in [3.63, 3.8) is 0 Å². The highest BCUT2D eigenvalue weighted by molar-refractivity contribution is 6.32. The lowest BCUT2D eigenvalue weighted by Crippen LogP contribution is -2.50. The number of nitrogens with one attached hydrogen (secondary N) is 1. The molecule has 0 saturated heterocycles. The Balaban J connectivity index is 2.63. The Hall–Kier alpha value is -1.82. The van der Waals surface area contributed by atoms with Crippen molar-refractivity contribution in [2.75, 3.05) is 6.61 Å². The minimum absolute atomic E-state index is 0.0356. The normalized spacial score (nSPS) is 12.6. The van der Waals surface area contributed by atoms with Gasteiger partial charge in [0.05, 0.1) is 5.02 Å². The maximum absolute atomic E-state index is 12.9. The third kappa shape index (κ3) is 5.23. The van der Waals surface area contributed by atoms with Gasteiger partial charge in [0.1, 0.15) is 17.6 Å². The lowest BCUT2D eigenvalue weighted by molar-refractivity contribution is -0.145. The number of ether oxygens (including phenoxy) is 1. The van der Waals surface area contributed by atoms with E-state index in [1.54, 1.807) is 20.8 Å². The van der Waals surface area contributed by atoms with Crippen LogP contribution in [-0.2, 0) is 9.59 Å². The number of carboxylic acids is 1. The molecular formula is C14H17ClFNO4. The summed E-state index contributed by atoms with van der Waals surface area (Å²) in [7, 11) is 0. The monoisotopic (exact) mass is 317 g/mol. The van der Waals surface area contributed by atoms with Crippen LogP contribution in [0.1, 0.15) is 20.8 Å². The molecule has 0 radical (unpaired) electrons. The quantitative estimate of drug-likeness (QED) is 0.874. The molecule has 0 fully saturated rings. The van der Waals surface area contributed by atoms with Crippen LogP contribution in [0.15, 0.2) is 18.2 Å². The van der Waals surface area contributed by atoms with Gasteiger partial charge >= 0.3 is 5.97 Å². The molecule has 21 heavy (non-hydrogen) atoms. The first kappa shape index (κ1) is 17.2. The van der Waals surface area contributed by atoms with Gasteiger partial charge in [-0.05, 0) is 23.6 Å². The van der Waals surface area contributed by atoms with Crippen molar-refractivity contribution in [1.82, 2.24) is 5.32 Å². The van der Waals surface area contributed by atoms with E-state index in [0.29, 0.717) is 0 Å². The molecule has 0 aliphatic heterocycles. The van der Waals surface area contributed by atoms with E-state index in [1.165, 1.54) is 6.07 Å². The molecule has 0 aliphatic carbocycles. The number of aliphatic carboxylic acids is 1. The second-order valence-electron chi connectivity index (χ2n) is 5.57. The number of carbonyl (C=O) groups is 2. The van der Waals surface area contributed by atoms with E-state index in [9.17, 15) is 14.0 Å². The summed E-state index contributed by atoms with van der Waals surface area (Å²) in [4.78, 5) is 22.9. The fourth-order valence-corrected chi connectivity index (χ4v) is 1.81. The van der Waals surface area contributed by atoms with Crippen molar-refractivity contribution in [3.05, 3.63) is 29.0 Å². The smallest absolute Gasteiger partial charge is 0.326 e. The first-order chi connectivity index (χ1) is 9.61. The van der Waals surface area contributed by atoms with E-state index in [2.05, 4.69) is 5.32 Å². The summed E-state index contributed by atoms with van der Waals surface area (Å²) in [6, 6.07) is 2.46. The van der Waals surface area contributed by atoms with Crippen LogP contribution >= 0.6 is 11.6 Å². The third-order valence-corrected chi connectivity index (χ3v) is 2.97. The van der Waals surface area contributed by atoms with Crippen LogP contribution in [0, 0.1) is 11.2 Å². The lowest BCUT2D eigenvalue weighted by atomic mass is 9.87. The first-order valence-corrected chi connectivity index (χ1v) is 6.59. The summed E-state index contributed by atoms with van der Waals surface area (Å²) in [6.07, 6.45) is 0. The van der Waals surface area contributed by atoms with Gasteiger partial charge in [-0.1, -0.05) is 32.4 Å². The molecule has 5 nitrogen and oxygen atoms in total. The maximum Gasteiger partial charge on any atom is 0.326 e. The SMILES string of the molecule is CC(C)(C)[C@H](NC(=O)COc1ccc(F)cc1Cl)C(=O)O. The highest BCUT2D eigenvalue weighted by atomic mass is 35.5. The Labute approximate surface area is 127 Å². The average Bonchev–Trinajstić information content (AvgIpc) is 2.33. The Morgan fingerprint density at radius 2 is 2.05 bits per heavy atom. The third-order valence-electron chi connectivity index (χ3n) is 2.67. The molecule has 0 aromatic heterocycles. The van der Waals surface area contributed by atoms with Crippen molar-refractivity contribution >= 4 is 23.5 Å². The van der Waals surface area contributed by atoms with E-state index in [4.69, 9.17) is 21.4 Å². The van der Waals surface area contributed by atoms with Crippen molar-refractivity contribution in [1.29, 1.82) is 0 Å². The molecule has 0 unspecified atom stereocenters. The second-order valence-corrected chi connectivity index (χ2v) is 5.98. The van der Waals surface area contributed by atoms with Gasteiger partial charge in [-0.15, -0.1) is 0 Å². The molecule has 116 valence electrons. The van der Waals surface area contributed by atoms with Crippen LogP contribution in [-0.4, -0.2) is 29.6 Å². The Morgan fingerprint density at radius 1 is 1.43 bits per heavy atom. The first-order valence-electron chi connectivity index (χ1n) is 6.21. The number of hydrogen-bond acceptors (Lipinski definition) is 3. The highest BCUT2D eigenvalue weighted by Crippen LogP contribution is 2.25. The zero-order valence-corrected chi connectivity index (χ0v) is 12.7. The molecule has 0 saturated carbocycles. The van der Waals surface area contributed by atoms with Crippen molar-refractivity contribution < 1.29 is 23.8 Å². The van der Waals surface area contributed by atoms with Gasteiger partial charge in [0.2, 0.25) is 0 Å². The molecule has 1 amide bonds. The number of rotatable bonds is 5. The lowest BCUT2D eigenvalue weighted by Gasteiger charge is -2.27. The van der Waals surface area contributed by atoms with Gasteiger partial charge < -0.3 is 15.2 Å². The number of hydrogen-bond donors (Lipinski definition) is 2. The summed E-state index contributed by atoms with van der Waals surface area (Å²) in [6.45, 7) is 4.68. The van der Waals surface area contributed by atoms with Gasteiger partial charge in [-0.25, -0.2) is 9.18 Å². The Kier molecular flexibility index (Phi) is 5.54. The van der Waals surface area contributed by atoms with E-state index >= 15 is 0 Å². The predicted octanol–water partition coefficient (Wildman–Crippen LogP) is 2.47. The minimum Gasteiger partial charge on any atom is -0.482 e. The van der Waals surface area contributed by atoms with Gasteiger partial charge in [-0.3, -0.25) is 4.79 Å². The van der Waals surface area contributed by atoms with Crippen molar-refractivity contribution in [2.24, 2.45) is 5.41 Å². The zero-order chi connectivity index (χ0) is 16.2. The Bertz CT molecular complexity index is 542. The molecular weight excluding hydrogens is 301 g/mol. The number of carboxylic acid groups (broad SMARTS) is 1. The molecule has 0 heterocycles. The average molecular weight is 318 g/mol. The van der Waals surface area contributed by atoms with E-state index in [-0.39, 0.29) is 10.8 Å². The molecule has 1 atom stereocenters. The van der Waals surface area contributed by atoms with E-state index in [1.807, 2.05) is 0 Å². The molecule has 0 bridgehead atoms. The predicted molar refractivity (Wildman–Crippen MR) is 75.9 cm³/mol. The zero-order valence-electron chi connectivity index (χ0n) is 11.9. The summed E-state index contributed by atoms with van der Waals surface area (Å²) in [5.74, 6) is -2.10. The summed E-state index contributed by atoms with van der Waals surface area (Å²) >= 11 is 5.75. The fourth-order valence-electron chi connectivity index (χ4n) is 1.59. The van der Waals surface area contributed by atoms with E-state index < -0.39 is 35.8 Å². The standard InChI is InChI=1S/C14H17ClFNO4/c1-14(2,3)12(13(19)20)17-11(18)7-21-10-5-4-8(16)6-9(10)15/h4-6,12H,7H2,1-3H3,(H,17,18)(H,19,20)/t12-/m1/s1. The highest BCUT2D eigenvalue weighted by Gasteiger charge is 2.32. The van der Waals surface area contributed by atoms with Gasteiger partial charge in [0, 0.05) is 0 Å². The molecule has 0 spiro atoms. The Morgan fingerprint density at radius 3 is 2.52 bits per heavy atom. The summed E-state index contributed by atoms with van der Waals surface area (Å²) in [5.41, 5.74) is -0.644. The van der Waals surface area contributed by atoms with Gasteiger partial charge in [-0.2, -0.15) is 0 Å². The molecule has 2 N–H and O–H groups in total. The maximum atomic E-state index is 12.9. The number of amides is 1. The van der Waals surface area contributed by atoms with Gasteiger partial charge in [0.15, 0.2) is 6.61 Å². The van der Waals surface area contributed by atoms with Crippen LogP contribution in [0.4, 0.5) is 4.39 Å². The largest absolute Gasteiger partial charge is 0.482 e. The van der Waals surface area contributed by atoms with Crippen LogP contribution in [0.2, 0.25) is 5.02 Å². The van der Waals surface area contributed by atoms with Crippen LogP contribution < -0.4 is 10.1 Å². The summed E-state index contributed by atoms with van der Waals surface area (Å²) in [5, 5.41) is 11.5. The molecule has 1 aromatic carbocycles. The number of halogens is 2.